The number of carboxylic acid groups (broad SMARTS) is 1. The molecule has 1 aromatic carbocycles. The predicted octanol–water partition coefficient (Wildman–Crippen LogP) is 3.41. The monoisotopic (exact) mass is 278 g/mol. The zero-order valence-electron chi connectivity index (χ0n) is 11.0. The molecule has 0 spiro atoms. The van der Waals surface area contributed by atoms with Crippen LogP contribution in [-0.2, 0) is 11.2 Å². The zero-order valence-corrected chi connectivity index (χ0v) is 11.8. The Labute approximate surface area is 117 Å². The first-order valence-corrected chi connectivity index (χ1v) is 7.55. The minimum absolute atomic E-state index is 0.0871. The Balaban J connectivity index is 2.15. The van der Waals surface area contributed by atoms with Crippen LogP contribution in [0, 0.1) is 5.92 Å². The van der Waals surface area contributed by atoms with Gasteiger partial charge >= 0.3 is 5.97 Å². The fourth-order valence-electron chi connectivity index (χ4n) is 2.37. The van der Waals surface area contributed by atoms with Crippen LogP contribution in [0.2, 0.25) is 0 Å². The average molecular weight is 278 g/mol. The van der Waals surface area contributed by atoms with E-state index in [4.69, 9.17) is 5.11 Å². The Hall–Kier alpha value is -1.29. The maximum atomic E-state index is 12.0. The van der Waals surface area contributed by atoms with E-state index >= 15 is 0 Å². The summed E-state index contributed by atoms with van der Waals surface area (Å²) in [5.74, 6) is 0.527. The Morgan fingerprint density at radius 2 is 2.26 bits per heavy atom. The molecule has 1 aliphatic rings. The number of carbonyl (C=O) groups excluding carboxylic acids is 1. The van der Waals surface area contributed by atoms with E-state index in [1.165, 1.54) is 0 Å². The smallest absolute Gasteiger partial charge is 0.303 e. The fourth-order valence-corrected chi connectivity index (χ4v) is 3.37. The van der Waals surface area contributed by atoms with Crippen molar-refractivity contribution in [3.8, 4) is 0 Å². The molecule has 1 aliphatic heterocycles. The first-order valence-electron chi connectivity index (χ1n) is 6.57. The van der Waals surface area contributed by atoms with Crippen molar-refractivity contribution in [2.45, 2.75) is 37.5 Å². The molecular formula is C15H18O3S. The van der Waals surface area contributed by atoms with Crippen molar-refractivity contribution in [2.24, 2.45) is 5.92 Å². The van der Waals surface area contributed by atoms with E-state index in [9.17, 15) is 9.59 Å². The minimum atomic E-state index is -0.770. The van der Waals surface area contributed by atoms with Crippen molar-refractivity contribution in [2.75, 3.05) is 5.75 Å². The molecule has 1 heterocycles. The normalized spacial score (nSPS) is 16.6. The lowest BCUT2D eigenvalue weighted by molar-refractivity contribution is -0.137. The summed E-state index contributed by atoms with van der Waals surface area (Å²) in [5, 5.41) is 8.78. The molecule has 0 amide bonds. The van der Waals surface area contributed by atoms with Crippen LogP contribution in [0.3, 0.4) is 0 Å². The molecule has 102 valence electrons. The van der Waals surface area contributed by atoms with E-state index in [2.05, 4.69) is 0 Å². The van der Waals surface area contributed by atoms with Crippen LogP contribution in [0.1, 0.15) is 42.1 Å². The molecule has 0 bridgehead atoms. The van der Waals surface area contributed by atoms with Gasteiger partial charge < -0.3 is 5.11 Å². The molecule has 0 aromatic heterocycles. The van der Waals surface area contributed by atoms with E-state index in [1.807, 2.05) is 25.1 Å². The summed E-state index contributed by atoms with van der Waals surface area (Å²) in [6.07, 6.45) is 2.42. The molecular weight excluding hydrogens is 260 g/mol. The van der Waals surface area contributed by atoms with E-state index in [1.54, 1.807) is 11.8 Å². The second kappa shape index (κ2) is 6.24. The van der Waals surface area contributed by atoms with Gasteiger partial charge in [0.2, 0.25) is 0 Å². The van der Waals surface area contributed by atoms with Crippen LogP contribution < -0.4 is 0 Å². The highest BCUT2D eigenvalue weighted by molar-refractivity contribution is 7.99. The number of rotatable bonds is 4. The number of fused-ring (bicyclic) bond motifs is 1. The number of hydrogen-bond acceptors (Lipinski definition) is 3. The summed E-state index contributed by atoms with van der Waals surface area (Å²) in [4.78, 5) is 23.8. The Bertz CT molecular complexity index is 496. The van der Waals surface area contributed by atoms with Crippen LogP contribution in [0.15, 0.2) is 23.1 Å². The molecule has 1 unspecified atom stereocenters. The van der Waals surface area contributed by atoms with E-state index in [0.29, 0.717) is 12.8 Å². The van der Waals surface area contributed by atoms with Gasteiger partial charge in [-0.25, -0.2) is 0 Å². The van der Waals surface area contributed by atoms with Gasteiger partial charge in [-0.3, -0.25) is 9.59 Å². The fraction of sp³-hybridized carbons (Fsp3) is 0.467. The van der Waals surface area contributed by atoms with Crippen molar-refractivity contribution in [3.63, 3.8) is 0 Å². The molecule has 3 nitrogen and oxygen atoms in total. The van der Waals surface area contributed by atoms with Crippen LogP contribution in [0.25, 0.3) is 0 Å². The molecule has 0 radical (unpaired) electrons. The van der Waals surface area contributed by atoms with Gasteiger partial charge in [-0.1, -0.05) is 13.0 Å². The van der Waals surface area contributed by atoms with Gasteiger partial charge in [0.15, 0.2) is 5.78 Å². The third kappa shape index (κ3) is 3.83. The number of benzene rings is 1. The SMILES string of the molecule is CC(CC(=O)O)Cc1ccc2c(c1)C(=O)CCCS2. The van der Waals surface area contributed by atoms with Crippen LogP contribution >= 0.6 is 11.8 Å². The second-order valence-electron chi connectivity index (χ2n) is 5.11. The number of aliphatic carboxylic acids is 1. The number of Topliss-reactive ketones (excluding diaryl/α,β-unsaturated/α-hetero) is 1. The maximum absolute atomic E-state index is 12.0. The maximum Gasteiger partial charge on any atom is 0.303 e. The van der Waals surface area contributed by atoms with Gasteiger partial charge in [0, 0.05) is 23.3 Å². The van der Waals surface area contributed by atoms with Crippen molar-refractivity contribution in [1.29, 1.82) is 0 Å². The number of thioether (sulfide) groups is 1. The highest BCUT2D eigenvalue weighted by Crippen LogP contribution is 2.30. The molecule has 0 aliphatic carbocycles. The highest BCUT2D eigenvalue weighted by Gasteiger charge is 2.17. The molecule has 0 saturated heterocycles. The minimum Gasteiger partial charge on any atom is -0.481 e. The van der Waals surface area contributed by atoms with Crippen LogP contribution in [-0.4, -0.2) is 22.6 Å². The first-order chi connectivity index (χ1) is 9.06. The molecule has 0 saturated carbocycles. The molecule has 4 heteroatoms. The lowest BCUT2D eigenvalue weighted by Crippen LogP contribution is -2.08. The molecule has 19 heavy (non-hydrogen) atoms. The average Bonchev–Trinajstić information content (AvgIpc) is 2.51. The van der Waals surface area contributed by atoms with E-state index < -0.39 is 5.97 Å². The van der Waals surface area contributed by atoms with Gasteiger partial charge in [0.25, 0.3) is 0 Å². The summed E-state index contributed by atoms with van der Waals surface area (Å²) in [5.41, 5.74) is 1.88. The molecule has 1 atom stereocenters. The molecule has 0 fully saturated rings. The van der Waals surface area contributed by atoms with Crippen LogP contribution in [0.4, 0.5) is 0 Å². The molecule has 2 rings (SSSR count). The Morgan fingerprint density at radius 1 is 1.47 bits per heavy atom. The van der Waals surface area contributed by atoms with E-state index in [0.717, 1.165) is 28.2 Å². The number of hydrogen-bond donors (Lipinski definition) is 1. The largest absolute Gasteiger partial charge is 0.481 e. The summed E-state index contributed by atoms with van der Waals surface area (Å²) in [6.45, 7) is 1.93. The third-order valence-corrected chi connectivity index (χ3v) is 4.42. The summed E-state index contributed by atoms with van der Waals surface area (Å²) in [7, 11) is 0. The predicted molar refractivity (Wildman–Crippen MR) is 75.9 cm³/mol. The third-order valence-electron chi connectivity index (χ3n) is 3.26. The van der Waals surface area contributed by atoms with E-state index in [-0.39, 0.29) is 18.1 Å². The molecule has 1 N–H and O–H groups in total. The number of ketones is 1. The van der Waals surface area contributed by atoms with Crippen molar-refractivity contribution < 1.29 is 14.7 Å². The van der Waals surface area contributed by atoms with Gasteiger partial charge in [-0.2, -0.15) is 0 Å². The van der Waals surface area contributed by atoms with Gasteiger partial charge in [-0.05, 0) is 42.2 Å². The summed E-state index contributed by atoms with van der Waals surface area (Å²) >= 11 is 1.74. The summed E-state index contributed by atoms with van der Waals surface area (Å²) < 4.78 is 0. The van der Waals surface area contributed by atoms with Gasteiger partial charge in [0.1, 0.15) is 0 Å². The quantitative estimate of drug-likeness (QED) is 0.917. The van der Waals surface area contributed by atoms with Crippen molar-refractivity contribution in [1.82, 2.24) is 0 Å². The number of carbonyl (C=O) groups is 2. The lowest BCUT2D eigenvalue weighted by Gasteiger charge is -2.11. The lowest BCUT2D eigenvalue weighted by atomic mass is 9.95. The highest BCUT2D eigenvalue weighted by atomic mass is 32.2. The summed E-state index contributed by atoms with van der Waals surface area (Å²) in [6, 6.07) is 5.98. The van der Waals surface area contributed by atoms with Crippen molar-refractivity contribution in [3.05, 3.63) is 29.3 Å². The van der Waals surface area contributed by atoms with Crippen molar-refractivity contribution >= 4 is 23.5 Å². The van der Waals surface area contributed by atoms with Gasteiger partial charge in [-0.15, -0.1) is 11.8 Å². The zero-order chi connectivity index (χ0) is 13.8. The standard InChI is InChI=1S/C15H18O3S/c1-10(8-15(17)18)7-11-4-5-14-12(9-11)13(16)3-2-6-19-14/h4-5,9-10H,2-3,6-8H2,1H3,(H,17,18). The number of carboxylic acids is 1. The van der Waals surface area contributed by atoms with Gasteiger partial charge in [0.05, 0.1) is 0 Å². The first kappa shape index (κ1) is 14.1. The topological polar surface area (TPSA) is 54.4 Å². The Morgan fingerprint density at radius 3 is 3.00 bits per heavy atom. The molecule has 1 aromatic rings. The van der Waals surface area contributed by atoms with Crippen LogP contribution in [0.5, 0.6) is 0 Å². The second-order valence-corrected chi connectivity index (χ2v) is 6.25. The Kier molecular flexibility index (Phi) is 4.64.